The Morgan fingerprint density at radius 2 is 2.29 bits per heavy atom. The topological polar surface area (TPSA) is 48.1 Å². The number of hydrogen-bond donors (Lipinski definition) is 1. The molecule has 0 aliphatic heterocycles. The molecule has 1 aromatic rings. The van der Waals surface area contributed by atoms with E-state index >= 15 is 0 Å². The van der Waals surface area contributed by atoms with Gasteiger partial charge in [-0.2, -0.15) is 0 Å². The van der Waals surface area contributed by atoms with E-state index in [9.17, 15) is 0 Å². The Labute approximate surface area is 84.3 Å². The van der Waals surface area contributed by atoms with Gasteiger partial charge in [0.2, 0.25) is 0 Å². The number of hydrogen-bond acceptors (Lipinski definition) is 3. The molecule has 2 N–H and O–H groups in total. The zero-order chi connectivity index (χ0) is 9.80. The van der Waals surface area contributed by atoms with E-state index in [4.69, 9.17) is 10.5 Å². The smallest absolute Gasteiger partial charge is 0.123 e. The monoisotopic (exact) mass is 192 g/mol. The summed E-state index contributed by atoms with van der Waals surface area (Å²) in [5.74, 6) is 1.51. The van der Waals surface area contributed by atoms with Crippen LogP contribution in [0.1, 0.15) is 24.8 Å². The second-order valence-electron chi connectivity index (χ2n) is 3.88. The third-order valence-electron chi connectivity index (χ3n) is 2.48. The summed E-state index contributed by atoms with van der Waals surface area (Å²) in [6, 6.07) is 3.76. The normalized spacial score (nSPS) is 15.7. The first-order valence-electron chi connectivity index (χ1n) is 5.13. The van der Waals surface area contributed by atoms with Crippen molar-refractivity contribution in [2.75, 3.05) is 12.3 Å². The molecule has 0 amide bonds. The van der Waals surface area contributed by atoms with Crippen LogP contribution in [0.4, 0.5) is 5.82 Å². The molecule has 0 unspecified atom stereocenters. The first kappa shape index (κ1) is 9.46. The van der Waals surface area contributed by atoms with Crippen LogP contribution in [0.5, 0.6) is 0 Å². The molecule has 76 valence electrons. The summed E-state index contributed by atoms with van der Waals surface area (Å²) < 4.78 is 5.53. The van der Waals surface area contributed by atoms with Crippen LogP contribution in [0.15, 0.2) is 18.3 Å². The molecular weight excluding hydrogens is 176 g/mol. The molecular formula is C11H16N2O. The van der Waals surface area contributed by atoms with Gasteiger partial charge in [-0.1, -0.05) is 18.9 Å². The second kappa shape index (κ2) is 4.42. The minimum absolute atomic E-state index is 0.562. The van der Waals surface area contributed by atoms with Crippen molar-refractivity contribution in [1.82, 2.24) is 4.98 Å². The fourth-order valence-corrected chi connectivity index (χ4v) is 1.37. The van der Waals surface area contributed by atoms with E-state index < -0.39 is 0 Å². The SMILES string of the molecule is Nc1ccc(COCCC2CC2)cn1. The van der Waals surface area contributed by atoms with Gasteiger partial charge in [-0.15, -0.1) is 0 Å². The van der Waals surface area contributed by atoms with Crippen LogP contribution in [0.3, 0.4) is 0 Å². The van der Waals surface area contributed by atoms with E-state index in [1.54, 1.807) is 12.3 Å². The van der Waals surface area contributed by atoms with Gasteiger partial charge in [0.15, 0.2) is 0 Å². The van der Waals surface area contributed by atoms with E-state index in [0.29, 0.717) is 12.4 Å². The Kier molecular flexibility index (Phi) is 2.99. The summed E-state index contributed by atoms with van der Waals surface area (Å²) in [7, 11) is 0. The highest BCUT2D eigenvalue weighted by Gasteiger charge is 2.20. The highest BCUT2D eigenvalue weighted by Crippen LogP contribution is 2.32. The average Bonchev–Trinajstić information content (AvgIpc) is 2.99. The number of nitrogens with two attached hydrogens (primary N) is 1. The van der Waals surface area contributed by atoms with Gasteiger partial charge in [-0.3, -0.25) is 0 Å². The average molecular weight is 192 g/mol. The summed E-state index contributed by atoms with van der Waals surface area (Å²) in [4.78, 5) is 4.00. The number of nitrogen functional groups attached to an aromatic ring is 1. The lowest BCUT2D eigenvalue weighted by atomic mass is 10.3. The van der Waals surface area contributed by atoms with E-state index in [2.05, 4.69) is 4.98 Å². The fraction of sp³-hybridized carbons (Fsp3) is 0.545. The summed E-state index contributed by atoms with van der Waals surface area (Å²) in [6.07, 6.45) is 5.77. The van der Waals surface area contributed by atoms with Gasteiger partial charge >= 0.3 is 0 Å². The van der Waals surface area contributed by atoms with E-state index in [-0.39, 0.29) is 0 Å². The lowest BCUT2D eigenvalue weighted by Gasteiger charge is -2.03. The summed E-state index contributed by atoms with van der Waals surface area (Å²) >= 11 is 0. The van der Waals surface area contributed by atoms with Crippen molar-refractivity contribution >= 4 is 5.82 Å². The molecule has 1 aromatic heterocycles. The molecule has 1 heterocycles. The molecule has 0 spiro atoms. The largest absolute Gasteiger partial charge is 0.384 e. The highest BCUT2D eigenvalue weighted by atomic mass is 16.5. The van der Waals surface area contributed by atoms with Crippen LogP contribution >= 0.6 is 0 Å². The minimum Gasteiger partial charge on any atom is -0.384 e. The quantitative estimate of drug-likeness (QED) is 0.726. The van der Waals surface area contributed by atoms with Crippen molar-refractivity contribution in [3.05, 3.63) is 23.9 Å². The Morgan fingerprint density at radius 3 is 2.93 bits per heavy atom. The van der Waals surface area contributed by atoms with Gasteiger partial charge in [0.05, 0.1) is 6.61 Å². The molecule has 0 bridgehead atoms. The zero-order valence-electron chi connectivity index (χ0n) is 8.28. The van der Waals surface area contributed by atoms with Gasteiger partial charge in [0.1, 0.15) is 5.82 Å². The summed E-state index contributed by atoms with van der Waals surface area (Å²) in [5.41, 5.74) is 6.57. The van der Waals surface area contributed by atoms with Crippen molar-refractivity contribution in [3.8, 4) is 0 Å². The molecule has 1 fully saturated rings. The number of ether oxygens (including phenoxy) is 1. The molecule has 0 atom stereocenters. The molecule has 1 saturated carbocycles. The first-order chi connectivity index (χ1) is 6.84. The van der Waals surface area contributed by atoms with Crippen molar-refractivity contribution in [3.63, 3.8) is 0 Å². The summed E-state index contributed by atoms with van der Waals surface area (Å²) in [5, 5.41) is 0. The van der Waals surface area contributed by atoms with Crippen molar-refractivity contribution in [2.24, 2.45) is 5.92 Å². The molecule has 1 aliphatic carbocycles. The molecule has 0 radical (unpaired) electrons. The molecule has 3 nitrogen and oxygen atoms in total. The van der Waals surface area contributed by atoms with Crippen LogP contribution in [0.2, 0.25) is 0 Å². The van der Waals surface area contributed by atoms with E-state index in [1.165, 1.54) is 19.3 Å². The Bertz CT molecular complexity index is 280. The molecule has 14 heavy (non-hydrogen) atoms. The van der Waals surface area contributed by atoms with Crippen LogP contribution in [-0.2, 0) is 11.3 Å². The van der Waals surface area contributed by atoms with Crippen molar-refractivity contribution in [1.29, 1.82) is 0 Å². The van der Waals surface area contributed by atoms with Crippen LogP contribution < -0.4 is 5.73 Å². The van der Waals surface area contributed by atoms with Crippen molar-refractivity contribution < 1.29 is 4.74 Å². The molecule has 3 heteroatoms. The second-order valence-corrected chi connectivity index (χ2v) is 3.88. The van der Waals surface area contributed by atoms with Gasteiger partial charge < -0.3 is 10.5 Å². The maximum Gasteiger partial charge on any atom is 0.123 e. The third kappa shape index (κ3) is 3.00. The van der Waals surface area contributed by atoms with Gasteiger partial charge in [-0.05, 0) is 24.0 Å². The summed E-state index contributed by atoms with van der Waals surface area (Å²) in [6.45, 7) is 1.52. The van der Waals surface area contributed by atoms with E-state index in [1.807, 2.05) is 6.07 Å². The number of rotatable bonds is 5. The maximum absolute atomic E-state index is 5.53. The Hall–Kier alpha value is -1.09. The minimum atomic E-state index is 0.562. The zero-order valence-corrected chi connectivity index (χ0v) is 8.28. The molecule has 1 aliphatic rings. The lowest BCUT2D eigenvalue weighted by molar-refractivity contribution is 0.115. The van der Waals surface area contributed by atoms with Crippen LogP contribution in [-0.4, -0.2) is 11.6 Å². The van der Waals surface area contributed by atoms with E-state index in [0.717, 1.165) is 18.1 Å². The first-order valence-corrected chi connectivity index (χ1v) is 5.13. The third-order valence-corrected chi connectivity index (χ3v) is 2.48. The standard InChI is InChI=1S/C11H16N2O/c12-11-4-3-10(7-13-11)8-14-6-5-9-1-2-9/h3-4,7,9H,1-2,5-6,8H2,(H2,12,13). The predicted octanol–water partition coefficient (Wildman–Crippen LogP) is 1.98. The van der Waals surface area contributed by atoms with Crippen LogP contribution in [0.25, 0.3) is 0 Å². The van der Waals surface area contributed by atoms with Crippen LogP contribution in [0, 0.1) is 5.92 Å². The predicted molar refractivity (Wildman–Crippen MR) is 55.6 cm³/mol. The van der Waals surface area contributed by atoms with Crippen molar-refractivity contribution in [2.45, 2.75) is 25.9 Å². The number of nitrogens with zero attached hydrogens (tertiary/aromatic N) is 1. The van der Waals surface area contributed by atoms with Gasteiger partial charge in [-0.25, -0.2) is 4.98 Å². The Morgan fingerprint density at radius 1 is 1.43 bits per heavy atom. The fourth-order valence-electron chi connectivity index (χ4n) is 1.37. The van der Waals surface area contributed by atoms with Gasteiger partial charge in [0, 0.05) is 12.8 Å². The Balaban J connectivity index is 1.66. The maximum atomic E-state index is 5.53. The number of aromatic nitrogens is 1. The lowest BCUT2D eigenvalue weighted by Crippen LogP contribution is -1.97. The van der Waals surface area contributed by atoms with Gasteiger partial charge in [0.25, 0.3) is 0 Å². The number of pyridine rings is 1. The number of anilines is 1. The molecule has 2 rings (SSSR count). The highest BCUT2D eigenvalue weighted by molar-refractivity contribution is 5.28. The molecule has 0 aromatic carbocycles. The molecule has 0 saturated heterocycles.